The number of allylic oxidation sites excluding steroid dienone is 1. The van der Waals surface area contributed by atoms with Crippen LogP contribution in [0.2, 0.25) is 0 Å². The third-order valence-electron chi connectivity index (χ3n) is 11.3. The molecule has 2 aromatic heterocycles. The van der Waals surface area contributed by atoms with Gasteiger partial charge in [0.15, 0.2) is 11.4 Å². The van der Waals surface area contributed by atoms with Crippen LogP contribution in [0.25, 0.3) is 11.8 Å². The molecule has 0 aliphatic heterocycles. The highest BCUT2D eigenvalue weighted by atomic mass is 32.2. The molecule has 8 nitrogen and oxygen atoms in total. The highest BCUT2D eigenvalue weighted by molar-refractivity contribution is 8.14. The van der Waals surface area contributed by atoms with Gasteiger partial charge in [-0.25, -0.2) is 18.3 Å². The SMILES string of the molecule is CC12Cc3cnn(-c4ccc(F)cc4F)c3C=C1CC[C@@H]1[C@@H]2[C@@H](O)C[C@@]2(C)[C@H]1CC[C@]2(OC(=O)c1ccco1)C(=O)SCC#N. The molecule has 1 N–H and O–H groups in total. The molecule has 4 aliphatic carbocycles. The summed E-state index contributed by atoms with van der Waals surface area (Å²) in [5.41, 5.74) is 0.197. The van der Waals surface area contributed by atoms with E-state index in [9.17, 15) is 28.7 Å². The molecule has 11 heteroatoms. The number of nitriles is 1. The normalized spacial score (nSPS) is 33.2. The van der Waals surface area contributed by atoms with E-state index in [0.717, 1.165) is 47.5 Å². The first-order chi connectivity index (χ1) is 21.5. The molecule has 0 saturated heterocycles. The molecule has 7 rings (SSSR count). The lowest BCUT2D eigenvalue weighted by molar-refractivity contribution is -0.175. The minimum atomic E-state index is -1.52. The first-order valence-corrected chi connectivity index (χ1v) is 16.2. The van der Waals surface area contributed by atoms with Crippen LogP contribution in [0.15, 0.2) is 52.8 Å². The number of fused-ring (bicyclic) bond motifs is 6. The van der Waals surface area contributed by atoms with E-state index in [1.165, 1.54) is 29.1 Å². The van der Waals surface area contributed by atoms with E-state index in [-0.39, 0.29) is 46.5 Å². The Kier molecular flexibility index (Phi) is 7.09. The standard InChI is InChI=1S/C34H33F2N3O5S/c1-32-16-19-18-38-39(25-8-6-21(35)15-24(25)36)26(19)14-20(32)5-7-22-23-9-10-34(31(42)45-13-11-37,33(23,2)17-27(40)29(22)32)44-30(41)28-4-3-12-43-28/h3-4,6,8,12,14-15,18,22-23,27,29,40H,5,7,9-10,13,16-17H2,1-2H3/t22-,23-,27-,29+,32?,33-,34-/m0/s1. The molecular formula is C34H33F2N3O5S. The van der Waals surface area contributed by atoms with Crippen LogP contribution in [0.3, 0.4) is 0 Å². The van der Waals surface area contributed by atoms with Crippen molar-refractivity contribution in [3.63, 3.8) is 0 Å². The van der Waals surface area contributed by atoms with Crippen LogP contribution < -0.4 is 0 Å². The van der Waals surface area contributed by atoms with Gasteiger partial charge in [0, 0.05) is 11.5 Å². The van der Waals surface area contributed by atoms with E-state index in [0.29, 0.717) is 19.3 Å². The number of esters is 1. The number of rotatable bonds is 5. The van der Waals surface area contributed by atoms with Crippen molar-refractivity contribution in [3.05, 3.63) is 77.0 Å². The van der Waals surface area contributed by atoms with Crippen molar-refractivity contribution in [2.45, 2.75) is 64.1 Å². The molecule has 2 heterocycles. The summed E-state index contributed by atoms with van der Waals surface area (Å²) in [5, 5.41) is 25.4. The highest BCUT2D eigenvalue weighted by Gasteiger charge is 2.70. The van der Waals surface area contributed by atoms with Crippen molar-refractivity contribution < 1.29 is 32.6 Å². The summed E-state index contributed by atoms with van der Waals surface area (Å²) in [6, 6.07) is 8.51. The third kappa shape index (κ3) is 4.36. The fourth-order valence-electron chi connectivity index (χ4n) is 9.38. The number of halogens is 2. The number of benzene rings is 1. The van der Waals surface area contributed by atoms with Crippen LogP contribution in [0.1, 0.15) is 67.8 Å². The average Bonchev–Trinajstić information content (AvgIpc) is 3.73. The second-order valence-corrected chi connectivity index (χ2v) is 14.3. The molecule has 4 aliphatic rings. The summed E-state index contributed by atoms with van der Waals surface area (Å²) < 4.78 is 41.3. The number of aromatic nitrogens is 2. The average molecular weight is 634 g/mol. The Bertz CT molecular complexity index is 1760. The van der Waals surface area contributed by atoms with Crippen LogP contribution in [0, 0.1) is 51.5 Å². The molecular weight excluding hydrogens is 600 g/mol. The van der Waals surface area contributed by atoms with Crippen LogP contribution >= 0.6 is 11.8 Å². The zero-order valence-corrected chi connectivity index (χ0v) is 25.8. The Balaban J connectivity index is 1.23. The lowest BCUT2D eigenvalue weighted by atomic mass is 9.45. The molecule has 3 fully saturated rings. The lowest BCUT2D eigenvalue weighted by Gasteiger charge is -2.60. The van der Waals surface area contributed by atoms with Gasteiger partial charge in [-0.15, -0.1) is 0 Å². The second kappa shape index (κ2) is 10.7. The van der Waals surface area contributed by atoms with Crippen molar-refractivity contribution in [3.8, 4) is 11.8 Å². The van der Waals surface area contributed by atoms with Gasteiger partial charge in [-0.05, 0) is 97.6 Å². The Hall–Kier alpha value is -3.75. The maximum atomic E-state index is 14.7. The fraction of sp³-hybridized carbons (Fsp3) is 0.471. The van der Waals surface area contributed by atoms with Gasteiger partial charge in [-0.3, -0.25) is 4.79 Å². The zero-order chi connectivity index (χ0) is 31.7. The quantitative estimate of drug-likeness (QED) is 0.327. The van der Waals surface area contributed by atoms with Gasteiger partial charge in [0.1, 0.15) is 11.5 Å². The molecule has 1 unspecified atom stereocenters. The van der Waals surface area contributed by atoms with Gasteiger partial charge in [0.2, 0.25) is 10.9 Å². The number of furan rings is 1. The van der Waals surface area contributed by atoms with E-state index >= 15 is 0 Å². The number of carbonyl (C=O) groups is 2. The van der Waals surface area contributed by atoms with Crippen LogP contribution in [-0.4, -0.2) is 43.4 Å². The van der Waals surface area contributed by atoms with Crippen LogP contribution in [0.4, 0.5) is 8.78 Å². The van der Waals surface area contributed by atoms with Gasteiger partial charge in [0.05, 0.1) is 36.1 Å². The molecule has 0 spiro atoms. The number of aliphatic hydroxyl groups is 1. The summed E-state index contributed by atoms with van der Waals surface area (Å²) in [6.45, 7) is 4.13. The number of thioether (sulfide) groups is 1. The van der Waals surface area contributed by atoms with Gasteiger partial charge >= 0.3 is 5.97 Å². The van der Waals surface area contributed by atoms with Crippen molar-refractivity contribution >= 4 is 28.9 Å². The predicted molar refractivity (Wildman–Crippen MR) is 161 cm³/mol. The smallest absolute Gasteiger partial charge is 0.375 e. The summed E-state index contributed by atoms with van der Waals surface area (Å²) >= 11 is 0.853. The Morgan fingerprint density at radius 1 is 1.27 bits per heavy atom. The third-order valence-corrected chi connectivity index (χ3v) is 12.1. The minimum absolute atomic E-state index is 0.00669. The van der Waals surface area contributed by atoms with Crippen LogP contribution in [-0.2, 0) is 16.0 Å². The van der Waals surface area contributed by atoms with Gasteiger partial charge in [-0.1, -0.05) is 31.2 Å². The topological polar surface area (TPSA) is 118 Å². The molecule has 3 saturated carbocycles. The van der Waals surface area contributed by atoms with E-state index in [4.69, 9.17) is 9.15 Å². The van der Waals surface area contributed by atoms with E-state index < -0.39 is 40.1 Å². The van der Waals surface area contributed by atoms with Gasteiger partial charge < -0.3 is 14.3 Å². The summed E-state index contributed by atoms with van der Waals surface area (Å²) in [7, 11) is 0. The van der Waals surface area contributed by atoms with Crippen molar-refractivity contribution in [1.29, 1.82) is 5.26 Å². The van der Waals surface area contributed by atoms with Crippen molar-refractivity contribution in [2.24, 2.45) is 28.6 Å². The number of hydrogen-bond acceptors (Lipinski definition) is 8. The van der Waals surface area contributed by atoms with Crippen LogP contribution in [0.5, 0.6) is 0 Å². The molecule has 7 atom stereocenters. The largest absolute Gasteiger partial charge is 0.457 e. The first-order valence-electron chi connectivity index (χ1n) is 15.2. The number of hydrogen-bond donors (Lipinski definition) is 1. The Morgan fingerprint density at radius 3 is 2.82 bits per heavy atom. The van der Waals surface area contributed by atoms with E-state index in [2.05, 4.69) is 18.1 Å². The second-order valence-electron chi connectivity index (χ2n) is 13.3. The van der Waals surface area contributed by atoms with Gasteiger partial charge in [-0.2, -0.15) is 10.4 Å². The summed E-state index contributed by atoms with van der Waals surface area (Å²) in [6.07, 6.45) is 7.62. The Labute approximate surface area is 263 Å². The molecule has 1 aromatic carbocycles. The number of ether oxygens (including phenoxy) is 1. The van der Waals surface area contributed by atoms with Crippen molar-refractivity contribution in [1.82, 2.24) is 9.78 Å². The summed E-state index contributed by atoms with van der Waals surface area (Å²) in [4.78, 5) is 27.2. The molecule has 0 amide bonds. The maximum Gasteiger partial charge on any atom is 0.375 e. The summed E-state index contributed by atoms with van der Waals surface area (Å²) in [5.74, 6) is -2.27. The molecule has 3 aromatic rings. The number of nitrogens with zero attached hydrogens (tertiary/aromatic N) is 3. The monoisotopic (exact) mass is 633 g/mol. The molecule has 234 valence electrons. The molecule has 0 bridgehead atoms. The highest BCUT2D eigenvalue weighted by Crippen LogP contribution is 2.69. The number of aliphatic hydroxyl groups excluding tert-OH is 1. The minimum Gasteiger partial charge on any atom is -0.457 e. The fourth-order valence-corrected chi connectivity index (χ4v) is 10.2. The number of carbonyl (C=O) groups excluding carboxylic acids is 2. The van der Waals surface area contributed by atoms with E-state index in [1.807, 2.05) is 13.0 Å². The zero-order valence-electron chi connectivity index (χ0n) is 25.0. The Morgan fingerprint density at radius 2 is 2.09 bits per heavy atom. The van der Waals surface area contributed by atoms with E-state index in [1.54, 1.807) is 12.3 Å². The predicted octanol–water partition coefficient (Wildman–Crippen LogP) is 6.28. The maximum absolute atomic E-state index is 14.7. The first kappa shape index (κ1) is 29.9. The molecule has 45 heavy (non-hydrogen) atoms. The van der Waals surface area contributed by atoms with Crippen molar-refractivity contribution in [2.75, 3.05) is 5.75 Å². The lowest BCUT2D eigenvalue weighted by Crippen LogP contribution is -2.62. The molecule has 0 radical (unpaired) electrons. The van der Waals surface area contributed by atoms with Gasteiger partial charge in [0.25, 0.3) is 0 Å².